The number of hydrogen-bond acceptors (Lipinski definition) is 0. The lowest BCUT2D eigenvalue weighted by Gasteiger charge is -2.22. The van der Waals surface area contributed by atoms with Gasteiger partial charge < -0.3 is 0 Å². The molecule has 2 aliphatic carbocycles. The molecule has 0 saturated carbocycles. The van der Waals surface area contributed by atoms with E-state index in [1.54, 1.807) is 0 Å². The first-order valence-corrected chi connectivity index (χ1v) is 15.9. The number of benzene rings is 8. The summed E-state index contributed by atoms with van der Waals surface area (Å²) in [5.41, 5.74) is 15.9. The van der Waals surface area contributed by atoms with Crippen molar-refractivity contribution >= 4 is 32.3 Å². The van der Waals surface area contributed by atoms with E-state index in [2.05, 4.69) is 159 Å². The Labute approximate surface area is 263 Å². The number of hydrogen-bond donors (Lipinski definition) is 0. The summed E-state index contributed by atoms with van der Waals surface area (Å²) in [7, 11) is 0. The van der Waals surface area contributed by atoms with E-state index in [0.29, 0.717) is 0 Å². The van der Waals surface area contributed by atoms with Crippen molar-refractivity contribution in [3.05, 3.63) is 157 Å². The molecule has 0 unspecified atom stereocenters. The fourth-order valence-electron chi connectivity index (χ4n) is 8.34. The van der Waals surface area contributed by atoms with Crippen molar-refractivity contribution in [2.24, 2.45) is 0 Å². The first-order valence-electron chi connectivity index (χ1n) is 15.9. The topological polar surface area (TPSA) is 0 Å². The van der Waals surface area contributed by atoms with Gasteiger partial charge in [0.25, 0.3) is 0 Å². The van der Waals surface area contributed by atoms with Crippen molar-refractivity contribution in [3.8, 4) is 55.6 Å². The highest BCUT2D eigenvalue weighted by Crippen LogP contribution is 2.52. The molecule has 0 heteroatoms. The number of rotatable bonds is 2. The summed E-state index contributed by atoms with van der Waals surface area (Å²) in [5, 5.41) is 8.00. The predicted molar refractivity (Wildman–Crippen MR) is 192 cm³/mol. The van der Waals surface area contributed by atoms with Crippen LogP contribution >= 0.6 is 0 Å². The Kier molecular flexibility index (Phi) is 4.88. The molecule has 0 atom stereocenters. The van der Waals surface area contributed by atoms with E-state index in [1.807, 2.05) is 0 Å². The molecular weight excluding hydrogens is 540 g/mol. The second-order valence-electron chi connectivity index (χ2n) is 13.3. The molecule has 0 saturated heterocycles. The third-order valence-corrected chi connectivity index (χ3v) is 10.6. The van der Waals surface area contributed by atoms with Gasteiger partial charge in [-0.05, 0) is 123 Å². The van der Waals surface area contributed by atoms with Gasteiger partial charge in [-0.1, -0.05) is 135 Å². The molecule has 0 heterocycles. The molecule has 0 nitrogen and oxygen atoms in total. The minimum absolute atomic E-state index is 0.0727. The minimum atomic E-state index is -0.0727. The predicted octanol–water partition coefficient (Wildman–Crippen LogP) is 12.4. The zero-order valence-corrected chi connectivity index (χ0v) is 25.4. The van der Waals surface area contributed by atoms with Gasteiger partial charge in [-0.3, -0.25) is 0 Å². The van der Waals surface area contributed by atoms with E-state index in [9.17, 15) is 0 Å². The van der Waals surface area contributed by atoms with Crippen molar-refractivity contribution in [2.45, 2.75) is 19.3 Å². The molecule has 210 valence electrons. The third-order valence-electron chi connectivity index (χ3n) is 10.6. The molecular formula is C45H30. The SMILES string of the molecule is CC1(C)c2cc(-c3ccccc3)ccc2-c2ccc(-c3ccc4c(ccc5cc6c7c(cccc7c54)-c4ccccc4-6)c3)cc21. The minimum Gasteiger partial charge on any atom is -0.0622 e. The first-order chi connectivity index (χ1) is 22.1. The van der Waals surface area contributed by atoms with Gasteiger partial charge in [0, 0.05) is 5.41 Å². The van der Waals surface area contributed by atoms with E-state index < -0.39 is 0 Å². The molecule has 0 fully saturated rings. The average Bonchev–Trinajstić information content (AvgIpc) is 3.53. The summed E-state index contributed by atoms with van der Waals surface area (Å²) in [5.74, 6) is 0. The summed E-state index contributed by atoms with van der Waals surface area (Å²) >= 11 is 0. The molecule has 8 aromatic carbocycles. The first kappa shape index (κ1) is 24.9. The molecule has 10 rings (SSSR count). The van der Waals surface area contributed by atoms with Gasteiger partial charge in [0.1, 0.15) is 0 Å². The normalized spacial score (nSPS) is 13.7. The van der Waals surface area contributed by atoms with Crippen LogP contribution in [0.5, 0.6) is 0 Å². The van der Waals surface area contributed by atoms with Crippen LogP contribution in [-0.2, 0) is 5.41 Å². The van der Waals surface area contributed by atoms with E-state index in [-0.39, 0.29) is 5.41 Å². The molecule has 0 N–H and O–H groups in total. The smallest absolute Gasteiger partial charge is 0.0159 e. The Balaban J connectivity index is 1.10. The van der Waals surface area contributed by atoms with Gasteiger partial charge in [0.05, 0.1) is 0 Å². The van der Waals surface area contributed by atoms with E-state index in [4.69, 9.17) is 0 Å². The summed E-state index contributed by atoms with van der Waals surface area (Å²) in [4.78, 5) is 0. The summed E-state index contributed by atoms with van der Waals surface area (Å²) in [6.45, 7) is 4.75. The molecule has 0 bridgehead atoms. The van der Waals surface area contributed by atoms with Crippen LogP contribution in [0.25, 0.3) is 88.0 Å². The van der Waals surface area contributed by atoms with Gasteiger partial charge >= 0.3 is 0 Å². The van der Waals surface area contributed by atoms with Crippen molar-refractivity contribution in [2.75, 3.05) is 0 Å². The summed E-state index contributed by atoms with van der Waals surface area (Å²) in [6.07, 6.45) is 0. The highest BCUT2D eigenvalue weighted by molar-refractivity contribution is 6.28. The van der Waals surface area contributed by atoms with E-state index in [1.165, 1.54) is 99.1 Å². The Morgan fingerprint density at radius 1 is 0.333 bits per heavy atom. The molecule has 0 aliphatic heterocycles. The Bertz CT molecular complexity index is 2550. The van der Waals surface area contributed by atoms with Crippen LogP contribution in [0.4, 0.5) is 0 Å². The lowest BCUT2D eigenvalue weighted by atomic mass is 9.80. The van der Waals surface area contributed by atoms with Crippen molar-refractivity contribution in [3.63, 3.8) is 0 Å². The average molecular weight is 571 g/mol. The zero-order chi connectivity index (χ0) is 29.9. The molecule has 8 aromatic rings. The van der Waals surface area contributed by atoms with Gasteiger partial charge in [0.15, 0.2) is 0 Å². The third kappa shape index (κ3) is 3.37. The Morgan fingerprint density at radius 2 is 0.933 bits per heavy atom. The largest absolute Gasteiger partial charge is 0.0622 e. The fourth-order valence-corrected chi connectivity index (χ4v) is 8.34. The molecule has 0 amide bonds. The highest BCUT2D eigenvalue weighted by Gasteiger charge is 2.36. The van der Waals surface area contributed by atoms with E-state index >= 15 is 0 Å². The molecule has 0 radical (unpaired) electrons. The van der Waals surface area contributed by atoms with Crippen LogP contribution in [0.1, 0.15) is 25.0 Å². The maximum Gasteiger partial charge on any atom is 0.0159 e. The van der Waals surface area contributed by atoms with Gasteiger partial charge in [0.2, 0.25) is 0 Å². The molecule has 45 heavy (non-hydrogen) atoms. The van der Waals surface area contributed by atoms with Crippen LogP contribution in [0.2, 0.25) is 0 Å². The highest BCUT2D eigenvalue weighted by atomic mass is 14.4. The zero-order valence-electron chi connectivity index (χ0n) is 25.4. The van der Waals surface area contributed by atoms with Gasteiger partial charge in [-0.25, -0.2) is 0 Å². The Hall–Kier alpha value is -5.46. The standard InChI is InChI=1S/C45H30/c1-45(2)41-25-29(27-9-4-3-5-10-27)18-21-36(41)37-22-19-30(26-42(37)45)28-17-20-33-31(23-28)15-16-32-24-40-35-12-7-6-11-34(35)38-13-8-14-39(43(32)33)44(38)40/h3-26H,1-2H3. The summed E-state index contributed by atoms with van der Waals surface area (Å²) in [6, 6.07) is 54.6. The molecule has 0 aromatic heterocycles. The second kappa shape index (κ2) is 8.80. The lowest BCUT2D eigenvalue weighted by molar-refractivity contribution is 0.661. The van der Waals surface area contributed by atoms with Crippen molar-refractivity contribution in [1.29, 1.82) is 0 Å². The monoisotopic (exact) mass is 570 g/mol. The maximum absolute atomic E-state index is 2.44. The van der Waals surface area contributed by atoms with Crippen LogP contribution < -0.4 is 0 Å². The summed E-state index contributed by atoms with van der Waals surface area (Å²) < 4.78 is 0. The van der Waals surface area contributed by atoms with Gasteiger partial charge in [-0.15, -0.1) is 0 Å². The van der Waals surface area contributed by atoms with Crippen molar-refractivity contribution in [1.82, 2.24) is 0 Å². The Morgan fingerprint density at radius 3 is 1.69 bits per heavy atom. The lowest BCUT2D eigenvalue weighted by Crippen LogP contribution is -2.15. The van der Waals surface area contributed by atoms with Crippen LogP contribution in [0, 0.1) is 0 Å². The van der Waals surface area contributed by atoms with E-state index in [0.717, 1.165) is 0 Å². The second-order valence-corrected chi connectivity index (χ2v) is 13.3. The van der Waals surface area contributed by atoms with Crippen molar-refractivity contribution < 1.29 is 0 Å². The maximum atomic E-state index is 2.44. The van der Waals surface area contributed by atoms with Crippen LogP contribution in [-0.4, -0.2) is 0 Å². The molecule has 0 spiro atoms. The van der Waals surface area contributed by atoms with Crippen LogP contribution in [0.15, 0.2) is 146 Å². The fraction of sp³-hybridized carbons (Fsp3) is 0.0667. The van der Waals surface area contributed by atoms with Crippen LogP contribution in [0.3, 0.4) is 0 Å². The molecule has 2 aliphatic rings. The van der Waals surface area contributed by atoms with Gasteiger partial charge in [-0.2, -0.15) is 0 Å². The number of fused-ring (bicyclic) bond motifs is 10. The quantitative estimate of drug-likeness (QED) is 0.181.